The van der Waals surface area contributed by atoms with Gasteiger partial charge in [0, 0.05) is 11.6 Å². The van der Waals surface area contributed by atoms with Gasteiger partial charge in [0.1, 0.15) is 5.75 Å². The van der Waals surface area contributed by atoms with Crippen molar-refractivity contribution in [3.05, 3.63) is 29.8 Å². The van der Waals surface area contributed by atoms with Crippen molar-refractivity contribution >= 4 is 5.91 Å². The van der Waals surface area contributed by atoms with Gasteiger partial charge in [0.05, 0.1) is 6.61 Å². The third-order valence-corrected chi connectivity index (χ3v) is 2.44. The predicted molar refractivity (Wildman–Crippen MR) is 59.0 cm³/mol. The zero-order valence-corrected chi connectivity index (χ0v) is 8.98. The van der Waals surface area contributed by atoms with Crippen LogP contribution in [0.15, 0.2) is 24.3 Å². The van der Waals surface area contributed by atoms with Gasteiger partial charge in [0.25, 0.3) is 5.91 Å². The smallest absolute Gasteiger partial charge is 0.258 e. The SMILES string of the molecule is O=C(COc1ccccc1CO)NC1CC1. The highest BCUT2D eigenvalue weighted by atomic mass is 16.5. The number of rotatable bonds is 5. The second-order valence-corrected chi connectivity index (χ2v) is 3.90. The van der Waals surface area contributed by atoms with Crippen LogP contribution in [-0.4, -0.2) is 23.7 Å². The van der Waals surface area contributed by atoms with Crippen LogP contribution in [0.4, 0.5) is 0 Å². The molecule has 0 aliphatic heterocycles. The van der Waals surface area contributed by atoms with Crippen molar-refractivity contribution in [2.75, 3.05) is 6.61 Å². The van der Waals surface area contributed by atoms with E-state index in [-0.39, 0.29) is 19.1 Å². The molecule has 1 aliphatic carbocycles. The Morgan fingerprint density at radius 3 is 2.88 bits per heavy atom. The lowest BCUT2D eigenvalue weighted by Gasteiger charge is -2.09. The van der Waals surface area contributed by atoms with E-state index in [4.69, 9.17) is 9.84 Å². The highest BCUT2D eigenvalue weighted by molar-refractivity contribution is 5.78. The minimum Gasteiger partial charge on any atom is -0.483 e. The van der Waals surface area contributed by atoms with Crippen molar-refractivity contribution < 1.29 is 14.6 Å². The first kappa shape index (κ1) is 11.0. The van der Waals surface area contributed by atoms with Crippen molar-refractivity contribution in [2.45, 2.75) is 25.5 Å². The first-order valence-corrected chi connectivity index (χ1v) is 5.40. The minimum absolute atomic E-state index is 0.00745. The first-order valence-electron chi connectivity index (χ1n) is 5.40. The van der Waals surface area contributed by atoms with Gasteiger partial charge >= 0.3 is 0 Å². The molecule has 4 nitrogen and oxygen atoms in total. The van der Waals surface area contributed by atoms with Gasteiger partial charge in [-0.1, -0.05) is 18.2 Å². The van der Waals surface area contributed by atoms with Crippen molar-refractivity contribution in [3.63, 3.8) is 0 Å². The molecule has 4 heteroatoms. The summed E-state index contributed by atoms with van der Waals surface area (Å²) in [4.78, 5) is 11.4. The lowest BCUT2D eigenvalue weighted by molar-refractivity contribution is -0.123. The number of hydrogen-bond donors (Lipinski definition) is 2. The molecule has 0 radical (unpaired) electrons. The highest BCUT2D eigenvalue weighted by Crippen LogP contribution is 2.19. The molecule has 1 aromatic carbocycles. The number of para-hydroxylation sites is 1. The fraction of sp³-hybridized carbons (Fsp3) is 0.417. The average Bonchev–Trinajstić information content (AvgIpc) is 3.10. The molecule has 16 heavy (non-hydrogen) atoms. The molecule has 86 valence electrons. The van der Waals surface area contributed by atoms with E-state index in [1.165, 1.54) is 0 Å². The molecule has 0 bridgehead atoms. The van der Waals surface area contributed by atoms with Crippen LogP contribution in [-0.2, 0) is 11.4 Å². The van der Waals surface area contributed by atoms with Gasteiger partial charge in [-0.15, -0.1) is 0 Å². The molecule has 1 aliphatic rings. The summed E-state index contributed by atoms with van der Waals surface area (Å²) in [6.45, 7) is -0.0755. The predicted octanol–water partition coefficient (Wildman–Crippen LogP) is 0.836. The molecule has 0 spiro atoms. The number of hydrogen-bond acceptors (Lipinski definition) is 3. The third-order valence-electron chi connectivity index (χ3n) is 2.44. The van der Waals surface area contributed by atoms with Crippen molar-refractivity contribution in [2.24, 2.45) is 0 Å². The zero-order valence-electron chi connectivity index (χ0n) is 8.98. The summed E-state index contributed by atoms with van der Waals surface area (Å²) in [6, 6.07) is 7.50. The Morgan fingerprint density at radius 1 is 1.44 bits per heavy atom. The fourth-order valence-corrected chi connectivity index (χ4v) is 1.42. The van der Waals surface area contributed by atoms with Crippen LogP contribution in [0.1, 0.15) is 18.4 Å². The molecule has 0 unspecified atom stereocenters. The van der Waals surface area contributed by atoms with Gasteiger partial charge in [-0.3, -0.25) is 4.79 Å². The number of nitrogens with one attached hydrogen (secondary N) is 1. The van der Waals surface area contributed by atoms with Crippen LogP contribution >= 0.6 is 0 Å². The van der Waals surface area contributed by atoms with E-state index in [0.717, 1.165) is 12.8 Å². The largest absolute Gasteiger partial charge is 0.483 e. The number of benzene rings is 1. The summed E-state index contributed by atoms with van der Waals surface area (Å²) in [6.07, 6.45) is 2.14. The van der Waals surface area contributed by atoms with Gasteiger partial charge in [0.2, 0.25) is 0 Å². The number of aliphatic hydroxyl groups excluding tert-OH is 1. The van der Waals surface area contributed by atoms with E-state index in [0.29, 0.717) is 17.4 Å². The van der Waals surface area contributed by atoms with Crippen molar-refractivity contribution in [1.82, 2.24) is 5.32 Å². The lowest BCUT2D eigenvalue weighted by atomic mass is 10.2. The van der Waals surface area contributed by atoms with Gasteiger partial charge in [-0.2, -0.15) is 0 Å². The summed E-state index contributed by atoms with van der Waals surface area (Å²) in [5, 5.41) is 11.9. The molecule has 1 amide bonds. The lowest BCUT2D eigenvalue weighted by Crippen LogP contribution is -2.30. The van der Waals surface area contributed by atoms with Crippen molar-refractivity contribution in [1.29, 1.82) is 0 Å². The van der Waals surface area contributed by atoms with E-state index in [2.05, 4.69) is 5.32 Å². The molecule has 0 heterocycles. The number of carbonyl (C=O) groups excluding carboxylic acids is 1. The van der Waals surface area contributed by atoms with Crippen molar-refractivity contribution in [3.8, 4) is 5.75 Å². The summed E-state index contributed by atoms with van der Waals surface area (Å²) in [7, 11) is 0. The van der Waals surface area contributed by atoms with Gasteiger partial charge in [0.15, 0.2) is 6.61 Å². The van der Waals surface area contributed by atoms with Crippen LogP contribution in [0, 0.1) is 0 Å². The molecule has 1 saturated carbocycles. The number of aliphatic hydroxyl groups is 1. The van der Waals surface area contributed by atoms with Crippen LogP contribution < -0.4 is 10.1 Å². The van der Waals surface area contributed by atoms with E-state index in [9.17, 15) is 4.79 Å². The molecule has 1 aromatic rings. The normalized spacial score (nSPS) is 14.6. The van der Waals surface area contributed by atoms with Gasteiger partial charge in [-0.05, 0) is 18.9 Å². The molecule has 2 N–H and O–H groups in total. The molecule has 0 atom stereocenters. The van der Waals surface area contributed by atoms with E-state index in [1.54, 1.807) is 12.1 Å². The van der Waals surface area contributed by atoms with Gasteiger partial charge in [-0.25, -0.2) is 0 Å². The standard InChI is InChI=1S/C12H15NO3/c14-7-9-3-1-2-4-11(9)16-8-12(15)13-10-5-6-10/h1-4,10,14H,5-8H2,(H,13,15). The molecule has 0 saturated heterocycles. The fourth-order valence-electron chi connectivity index (χ4n) is 1.42. The van der Waals surface area contributed by atoms with Crippen LogP contribution in [0.3, 0.4) is 0 Å². The zero-order chi connectivity index (χ0) is 11.4. The Labute approximate surface area is 94.2 Å². The molecule has 2 rings (SSSR count). The number of amides is 1. The summed E-state index contributed by atoms with van der Waals surface area (Å²) >= 11 is 0. The number of carbonyl (C=O) groups is 1. The Hall–Kier alpha value is -1.55. The maximum Gasteiger partial charge on any atom is 0.258 e. The molecule has 0 aromatic heterocycles. The maximum atomic E-state index is 11.4. The number of ether oxygens (including phenoxy) is 1. The topological polar surface area (TPSA) is 58.6 Å². The highest BCUT2D eigenvalue weighted by Gasteiger charge is 2.23. The van der Waals surface area contributed by atoms with E-state index >= 15 is 0 Å². The second kappa shape index (κ2) is 4.99. The summed E-state index contributed by atoms with van der Waals surface area (Å²) in [5.74, 6) is 0.464. The molecular weight excluding hydrogens is 206 g/mol. The quantitative estimate of drug-likeness (QED) is 0.774. The van der Waals surface area contributed by atoms with E-state index in [1.807, 2.05) is 12.1 Å². The van der Waals surface area contributed by atoms with Crippen LogP contribution in [0.25, 0.3) is 0 Å². The average molecular weight is 221 g/mol. The second-order valence-electron chi connectivity index (χ2n) is 3.90. The minimum atomic E-state index is -0.102. The summed E-state index contributed by atoms with van der Waals surface area (Å²) < 4.78 is 5.35. The van der Waals surface area contributed by atoms with Gasteiger partial charge < -0.3 is 15.2 Å². The van der Waals surface area contributed by atoms with Crippen LogP contribution in [0.2, 0.25) is 0 Å². The third kappa shape index (κ3) is 2.97. The Kier molecular flexibility index (Phi) is 3.41. The molecule has 1 fully saturated rings. The van der Waals surface area contributed by atoms with E-state index < -0.39 is 0 Å². The first-order chi connectivity index (χ1) is 7.79. The maximum absolute atomic E-state index is 11.4. The Balaban J connectivity index is 1.85. The summed E-state index contributed by atoms with van der Waals surface area (Å²) in [5.41, 5.74) is 0.696. The van der Waals surface area contributed by atoms with Crippen LogP contribution in [0.5, 0.6) is 5.75 Å². The Bertz CT molecular complexity index is 374. The monoisotopic (exact) mass is 221 g/mol. The molecular formula is C12H15NO3. The Morgan fingerprint density at radius 2 is 2.19 bits per heavy atom.